The molecule has 0 amide bonds. The Balaban J connectivity index is 2.06. The molecule has 1 aromatic carbocycles. The molecule has 0 saturated heterocycles. The van der Waals surface area contributed by atoms with Crippen LogP contribution in [0.3, 0.4) is 0 Å². The van der Waals surface area contributed by atoms with Gasteiger partial charge in [0.1, 0.15) is 9.86 Å². The summed E-state index contributed by atoms with van der Waals surface area (Å²) in [5, 5.41) is 3.95. The summed E-state index contributed by atoms with van der Waals surface area (Å²) in [5.74, 6) is 5.85. The number of nitrogens with zero attached hydrogens (tertiary/aromatic N) is 2. The molecule has 19 heavy (non-hydrogen) atoms. The van der Waals surface area contributed by atoms with Gasteiger partial charge < -0.3 is 0 Å². The molecule has 0 atom stereocenters. The van der Waals surface area contributed by atoms with E-state index in [1.807, 2.05) is 29.6 Å². The predicted molar refractivity (Wildman–Crippen MR) is 83.5 cm³/mol. The molecule has 3 aromatic rings. The van der Waals surface area contributed by atoms with Crippen LogP contribution in [-0.4, -0.2) is 9.97 Å². The third-order valence-electron chi connectivity index (χ3n) is 2.43. The lowest BCUT2D eigenvalue weighted by Gasteiger charge is -2.05. The van der Waals surface area contributed by atoms with Crippen molar-refractivity contribution in [1.82, 2.24) is 9.97 Å². The highest BCUT2D eigenvalue weighted by Gasteiger charge is 2.10. The second kappa shape index (κ2) is 5.46. The minimum Gasteiger partial charge on any atom is -0.292 e. The Morgan fingerprint density at radius 1 is 1.26 bits per heavy atom. The van der Waals surface area contributed by atoms with Crippen LogP contribution in [0.2, 0.25) is 0 Å². The van der Waals surface area contributed by atoms with Gasteiger partial charge in [0, 0.05) is 14.8 Å². The minimum absolute atomic E-state index is 0.437. The summed E-state index contributed by atoms with van der Waals surface area (Å²) in [4.78, 5) is 10.8. The molecular weight excluding hydrogens is 344 g/mol. The van der Waals surface area contributed by atoms with E-state index in [2.05, 4.69) is 37.4 Å². The SMILES string of the molecule is NNc1nc(Sc2cccc(Br)c2)c2ccsc2n1. The fraction of sp³-hybridized carbons (Fsp3) is 0. The number of thiophene rings is 1. The van der Waals surface area contributed by atoms with Crippen molar-refractivity contribution in [3.8, 4) is 0 Å². The van der Waals surface area contributed by atoms with Gasteiger partial charge in [0.15, 0.2) is 0 Å². The van der Waals surface area contributed by atoms with E-state index in [4.69, 9.17) is 5.84 Å². The summed E-state index contributed by atoms with van der Waals surface area (Å²) in [6, 6.07) is 10.1. The first-order valence-corrected chi connectivity index (χ1v) is 7.90. The van der Waals surface area contributed by atoms with E-state index >= 15 is 0 Å². The summed E-state index contributed by atoms with van der Waals surface area (Å²) in [6.07, 6.45) is 0. The third kappa shape index (κ3) is 2.74. The molecule has 3 N–H and O–H groups in total. The summed E-state index contributed by atoms with van der Waals surface area (Å²) in [5.41, 5.74) is 2.51. The molecule has 0 unspecified atom stereocenters. The second-order valence-corrected chi connectivity index (χ2v) is 6.57. The van der Waals surface area contributed by atoms with E-state index in [1.54, 1.807) is 23.1 Å². The van der Waals surface area contributed by atoms with Crippen LogP contribution in [0.4, 0.5) is 5.95 Å². The van der Waals surface area contributed by atoms with Crippen molar-refractivity contribution in [3.05, 3.63) is 40.2 Å². The Bertz CT molecular complexity index is 729. The van der Waals surface area contributed by atoms with Crippen molar-refractivity contribution in [2.45, 2.75) is 9.92 Å². The number of anilines is 1. The van der Waals surface area contributed by atoms with Crippen LogP contribution in [0.25, 0.3) is 10.2 Å². The highest BCUT2D eigenvalue weighted by Crippen LogP contribution is 2.34. The summed E-state index contributed by atoms with van der Waals surface area (Å²) < 4.78 is 1.05. The maximum atomic E-state index is 5.41. The zero-order chi connectivity index (χ0) is 13.2. The Morgan fingerprint density at radius 3 is 2.95 bits per heavy atom. The van der Waals surface area contributed by atoms with E-state index in [0.29, 0.717) is 5.95 Å². The van der Waals surface area contributed by atoms with Crippen molar-refractivity contribution < 1.29 is 0 Å². The number of benzene rings is 1. The molecule has 0 bridgehead atoms. The van der Waals surface area contributed by atoms with Crippen molar-refractivity contribution in [2.24, 2.45) is 5.84 Å². The second-order valence-electron chi connectivity index (χ2n) is 3.70. The molecular formula is C12H9BrN4S2. The standard InChI is InChI=1S/C12H9BrN4S2/c13-7-2-1-3-8(6-7)19-11-9-4-5-18-10(9)15-12(16-11)17-14/h1-6H,14H2,(H,15,16,17). The number of fused-ring (bicyclic) bond motifs is 1. The van der Waals surface area contributed by atoms with Gasteiger partial charge in [-0.2, -0.15) is 0 Å². The minimum atomic E-state index is 0.437. The number of nitrogens with two attached hydrogens (primary N) is 1. The van der Waals surface area contributed by atoms with Crippen molar-refractivity contribution >= 4 is 55.2 Å². The molecule has 3 rings (SSSR count). The van der Waals surface area contributed by atoms with Gasteiger partial charge in [0.2, 0.25) is 5.95 Å². The molecule has 2 heterocycles. The highest BCUT2D eigenvalue weighted by molar-refractivity contribution is 9.10. The number of nitrogen functional groups attached to an aromatic ring is 1. The van der Waals surface area contributed by atoms with E-state index in [9.17, 15) is 0 Å². The first-order valence-electron chi connectivity index (χ1n) is 5.41. The average Bonchev–Trinajstić information content (AvgIpc) is 2.87. The lowest BCUT2D eigenvalue weighted by atomic mass is 10.4. The Hall–Kier alpha value is -1.15. The van der Waals surface area contributed by atoms with Crippen LogP contribution >= 0.6 is 39.0 Å². The van der Waals surface area contributed by atoms with Crippen LogP contribution in [0.1, 0.15) is 0 Å². The number of rotatable bonds is 3. The van der Waals surface area contributed by atoms with E-state index in [-0.39, 0.29) is 0 Å². The molecule has 0 aliphatic rings. The smallest absolute Gasteiger partial charge is 0.239 e. The van der Waals surface area contributed by atoms with Gasteiger partial charge in [0.25, 0.3) is 0 Å². The fourth-order valence-corrected chi connectivity index (χ4v) is 3.95. The van der Waals surface area contributed by atoms with Crippen LogP contribution in [0.5, 0.6) is 0 Å². The van der Waals surface area contributed by atoms with Crippen molar-refractivity contribution in [2.75, 3.05) is 5.43 Å². The number of hydrogen-bond acceptors (Lipinski definition) is 6. The lowest BCUT2D eigenvalue weighted by Crippen LogP contribution is -2.10. The molecule has 96 valence electrons. The van der Waals surface area contributed by atoms with Gasteiger partial charge in [-0.1, -0.05) is 33.8 Å². The Labute approximate surface area is 126 Å². The first-order chi connectivity index (χ1) is 9.26. The number of aromatic nitrogens is 2. The van der Waals surface area contributed by atoms with Crippen LogP contribution in [-0.2, 0) is 0 Å². The lowest BCUT2D eigenvalue weighted by molar-refractivity contribution is 1.08. The zero-order valence-electron chi connectivity index (χ0n) is 9.63. The Morgan fingerprint density at radius 2 is 2.16 bits per heavy atom. The normalized spacial score (nSPS) is 10.8. The monoisotopic (exact) mass is 352 g/mol. The number of halogens is 1. The van der Waals surface area contributed by atoms with E-state index in [0.717, 1.165) is 24.6 Å². The quantitative estimate of drug-likeness (QED) is 0.425. The van der Waals surface area contributed by atoms with Crippen LogP contribution in [0, 0.1) is 0 Å². The van der Waals surface area contributed by atoms with Crippen molar-refractivity contribution in [1.29, 1.82) is 0 Å². The molecule has 0 fully saturated rings. The number of nitrogens with one attached hydrogen (secondary N) is 1. The zero-order valence-corrected chi connectivity index (χ0v) is 12.8. The molecule has 0 aliphatic carbocycles. The van der Waals surface area contributed by atoms with Gasteiger partial charge >= 0.3 is 0 Å². The summed E-state index contributed by atoms with van der Waals surface area (Å²) in [7, 11) is 0. The fourth-order valence-electron chi connectivity index (χ4n) is 1.61. The largest absolute Gasteiger partial charge is 0.292 e. The molecule has 4 nitrogen and oxygen atoms in total. The first kappa shape index (κ1) is 12.9. The molecule has 0 spiro atoms. The highest BCUT2D eigenvalue weighted by atomic mass is 79.9. The topological polar surface area (TPSA) is 63.8 Å². The van der Waals surface area contributed by atoms with E-state index < -0.39 is 0 Å². The number of hydrogen-bond donors (Lipinski definition) is 2. The van der Waals surface area contributed by atoms with Gasteiger partial charge in [-0.25, -0.2) is 15.8 Å². The summed E-state index contributed by atoms with van der Waals surface area (Å²) >= 11 is 6.64. The maximum absolute atomic E-state index is 5.41. The third-order valence-corrected chi connectivity index (χ3v) is 4.72. The molecule has 0 aliphatic heterocycles. The van der Waals surface area contributed by atoms with E-state index in [1.165, 1.54) is 0 Å². The van der Waals surface area contributed by atoms with Gasteiger partial charge in [-0.15, -0.1) is 11.3 Å². The van der Waals surface area contributed by atoms with Crippen LogP contribution < -0.4 is 11.3 Å². The molecule has 7 heteroatoms. The predicted octanol–water partition coefficient (Wildman–Crippen LogP) is 3.89. The van der Waals surface area contributed by atoms with Gasteiger partial charge in [-0.05, 0) is 29.6 Å². The Kier molecular flexibility index (Phi) is 3.69. The van der Waals surface area contributed by atoms with Crippen LogP contribution in [0.15, 0.2) is 50.1 Å². The molecule has 2 aromatic heterocycles. The summed E-state index contributed by atoms with van der Waals surface area (Å²) in [6.45, 7) is 0. The average molecular weight is 353 g/mol. The van der Waals surface area contributed by atoms with Gasteiger partial charge in [0.05, 0.1) is 0 Å². The number of hydrazine groups is 1. The maximum Gasteiger partial charge on any atom is 0.239 e. The molecule has 0 saturated carbocycles. The van der Waals surface area contributed by atoms with Crippen molar-refractivity contribution in [3.63, 3.8) is 0 Å². The van der Waals surface area contributed by atoms with Gasteiger partial charge in [-0.3, -0.25) is 5.43 Å². The molecule has 0 radical (unpaired) electrons.